The molecule has 1 aliphatic rings. The molecule has 0 N–H and O–H groups in total. The van der Waals surface area contributed by atoms with Crippen LogP contribution < -0.4 is 4.90 Å². The number of carbonyl (C=O) groups excluding carboxylic acids is 2. The number of hydrogen-bond acceptors (Lipinski definition) is 4. The second kappa shape index (κ2) is 9.90. The van der Waals surface area contributed by atoms with Crippen LogP contribution in [0.2, 0.25) is 0 Å². The van der Waals surface area contributed by atoms with E-state index in [1.165, 1.54) is 25.5 Å². The fraction of sp³-hybridized carbons (Fsp3) is 0.423. The highest BCUT2D eigenvalue weighted by Gasteiger charge is 2.23. The summed E-state index contributed by atoms with van der Waals surface area (Å²) in [6.45, 7) is 6.90. The summed E-state index contributed by atoms with van der Waals surface area (Å²) in [6.07, 6.45) is 3.41. The van der Waals surface area contributed by atoms with Crippen molar-refractivity contribution in [1.82, 2.24) is 0 Å². The molecular weight excluding hydrogens is 388 g/mol. The lowest BCUT2D eigenvalue weighted by atomic mass is 9.91. The zero-order chi connectivity index (χ0) is 22.5. The van der Waals surface area contributed by atoms with E-state index in [1.807, 2.05) is 19.2 Å². The van der Waals surface area contributed by atoms with E-state index in [0.717, 1.165) is 28.9 Å². The van der Waals surface area contributed by atoms with E-state index in [9.17, 15) is 9.59 Å². The third kappa shape index (κ3) is 5.40. The number of aliphatic imine (C=N–C) groups is 1. The lowest BCUT2D eigenvalue weighted by molar-refractivity contribution is -0.116. The summed E-state index contributed by atoms with van der Waals surface area (Å²) < 4.78 is 4.78. The van der Waals surface area contributed by atoms with Crippen LogP contribution in [-0.2, 0) is 16.0 Å². The highest BCUT2D eigenvalue weighted by atomic mass is 16.5. The monoisotopic (exact) mass is 420 g/mol. The number of amides is 1. The van der Waals surface area contributed by atoms with Gasteiger partial charge in [-0.15, -0.1) is 0 Å². The van der Waals surface area contributed by atoms with Crippen LogP contribution in [0, 0.1) is 11.8 Å². The molecular formula is C26H32N2O3. The normalized spacial score (nSPS) is 14.7. The Kier molecular flexibility index (Phi) is 7.26. The molecule has 1 amide bonds. The number of carbonyl (C=O) groups is 2. The van der Waals surface area contributed by atoms with E-state index in [-0.39, 0.29) is 18.4 Å². The fourth-order valence-electron chi connectivity index (χ4n) is 3.91. The zero-order valence-corrected chi connectivity index (χ0v) is 19.1. The molecule has 5 nitrogen and oxygen atoms in total. The number of ether oxygens (including phenoxy) is 1. The first kappa shape index (κ1) is 22.7. The van der Waals surface area contributed by atoms with E-state index in [1.54, 1.807) is 17.0 Å². The molecule has 0 spiro atoms. The summed E-state index contributed by atoms with van der Waals surface area (Å²) in [7, 11) is 3.18. The van der Waals surface area contributed by atoms with Crippen molar-refractivity contribution in [3.63, 3.8) is 0 Å². The van der Waals surface area contributed by atoms with E-state index in [0.29, 0.717) is 17.4 Å². The Bertz CT molecular complexity index is 977. The first-order valence-electron chi connectivity index (χ1n) is 10.9. The number of fused-ring (bicyclic) bond motifs is 1. The van der Waals surface area contributed by atoms with Crippen LogP contribution in [0.25, 0.3) is 0 Å². The summed E-state index contributed by atoms with van der Waals surface area (Å²) in [5.74, 6) is 0.891. The molecule has 0 fully saturated rings. The Morgan fingerprint density at radius 3 is 2.45 bits per heavy atom. The van der Waals surface area contributed by atoms with Gasteiger partial charge in [0.2, 0.25) is 5.91 Å². The van der Waals surface area contributed by atoms with Crippen molar-refractivity contribution < 1.29 is 14.3 Å². The number of anilines is 1. The van der Waals surface area contributed by atoms with Crippen LogP contribution in [0.15, 0.2) is 47.5 Å². The lowest BCUT2D eigenvalue weighted by Gasteiger charge is -2.20. The fourth-order valence-corrected chi connectivity index (χ4v) is 3.91. The van der Waals surface area contributed by atoms with E-state index >= 15 is 0 Å². The van der Waals surface area contributed by atoms with Crippen LogP contribution in [0.4, 0.5) is 5.69 Å². The summed E-state index contributed by atoms with van der Waals surface area (Å²) in [6, 6.07) is 13.5. The molecule has 164 valence electrons. The summed E-state index contributed by atoms with van der Waals surface area (Å²) >= 11 is 0. The van der Waals surface area contributed by atoms with E-state index in [2.05, 4.69) is 44.0 Å². The van der Waals surface area contributed by atoms with Gasteiger partial charge in [-0.3, -0.25) is 9.79 Å². The zero-order valence-electron chi connectivity index (χ0n) is 19.1. The largest absolute Gasteiger partial charge is 0.465 e. The second-order valence-corrected chi connectivity index (χ2v) is 8.82. The SMILES string of the molecule is COC(=O)c1ccc(C2=NCC(=O)N(C)c3cc(CC(C)CCC(C)C)ccc32)cc1. The standard InChI is InChI=1S/C26H32N2O3/c1-17(2)6-7-18(3)14-19-8-13-22-23(15-19)28(4)24(29)16-27-25(22)20-9-11-21(12-10-20)26(30)31-5/h8-13,15,17-18H,6-7,14,16H2,1-5H3. The number of esters is 1. The molecule has 2 aromatic rings. The summed E-state index contributed by atoms with van der Waals surface area (Å²) in [5, 5.41) is 0. The maximum atomic E-state index is 12.6. The predicted molar refractivity (Wildman–Crippen MR) is 125 cm³/mol. The van der Waals surface area contributed by atoms with Gasteiger partial charge in [-0.1, -0.05) is 57.9 Å². The number of methoxy groups -OCH3 is 1. The third-order valence-electron chi connectivity index (χ3n) is 5.83. The maximum absolute atomic E-state index is 12.6. The molecule has 1 heterocycles. The quantitative estimate of drug-likeness (QED) is 0.599. The molecule has 31 heavy (non-hydrogen) atoms. The molecule has 0 aromatic heterocycles. The number of benzodiazepines with no additional fused rings is 1. The van der Waals surface area contributed by atoms with Crippen molar-refractivity contribution in [2.75, 3.05) is 25.6 Å². The minimum Gasteiger partial charge on any atom is -0.465 e. The molecule has 1 unspecified atom stereocenters. The predicted octanol–water partition coefficient (Wildman–Crippen LogP) is 4.90. The molecule has 0 bridgehead atoms. The Labute approximate surface area is 185 Å². The lowest BCUT2D eigenvalue weighted by Crippen LogP contribution is -2.28. The highest BCUT2D eigenvalue weighted by Crippen LogP contribution is 2.29. The molecule has 3 rings (SSSR count). The Morgan fingerprint density at radius 1 is 1.10 bits per heavy atom. The molecule has 1 atom stereocenters. The minimum atomic E-state index is -0.374. The van der Waals surface area contributed by atoms with Crippen molar-refractivity contribution in [3.8, 4) is 0 Å². The first-order valence-corrected chi connectivity index (χ1v) is 10.9. The molecule has 2 aromatic carbocycles. The van der Waals surface area contributed by atoms with Gasteiger partial charge >= 0.3 is 5.97 Å². The van der Waals surface area contributed by atoms with Gasteiger partial charge in [0.1, 0.15) is 6.54 Å². The highest BCUT2D eigenvalue weighted by molar-refractivity contribution is 6.19. The molecule has 5 heteroatoms. The van der Waals surface area contributed by atoms with Crippen LogP contribution >= 0.6 is 0 Å². The van der Waals surface area contributed by atoms with E-state index in [4.69, 9.17) is 4.74 Å². The van der Waals surface area contributed by atoms with E-state index < -0.39 is 0 Å². The Morgan fingerprint density at radius 2 is 1.81 bits per heavy atom. The minimum absolute atomic E-state index is 0.0348. The molecule has 0 saturated heterocycles. The van der Waals surface area contributed by atoms with Gasteiger partial charge in [0, 0.05) is 18.2 Å². The van der Waals surface area contributed by atoms with Crippen LogP contribution in [0.3, 0.4) is 0 Å². The average molecular weight is 421 g/mol. The van der Waals surface area contributed by atoms with Gasteiger partial charge in [-0.2, -0.15) is 0 Å². The average Bonchev–Trinajstić information content (AvgIpc) is 2.88. The summed E-state index contributed by atoms with van der Waals surface area (Å²) in [4.78, 5) is 30.7. The first-order chi connectivity index (χ1) is 14.8. The smallest absolute Gasteiger partial charge is 0.337 e. The van der Waals surface area contributed by atoms with Gasteiger partial charge in [-0.05, 0) is 42.0 Å². The Hall–Kier alpha value is -2.95. The second-order valence-electron chi connectivity index (χ2n) is 8.82. The topological polar surface area (TPSA) is 59.0 Å². The van der Waals surface area contributed by atoms with Gasteiger partial charge in [0.25, 0.3) is 0 Å². The van der Waals surface area contributed by atoms with Crippen molar-refractivity contribution in [1.29, 1.82) is 0 Å². The number of hydrogen-bond donors (Lipinski definition) is 0. The van der Waals surface area contributed by atoms with Crippen LogP contribution in [-0.4, -0.2) is 38.3 Å². The Balaban J connectivity index is 1.92. The van der Waals surface area contributed by atoms with Gasteiger partial charge < -0.3 is 9.64 Å². The van der Waals surface area contributed by atoms with Crippen molar-refractivity contribution in [2.24, 2.45) is 16.8 Å². The number of benzene rings is 2. The molecule has 0 saturated carbocycles. The number of likely N-dealkylation sites (N-methyl/N-ethyl adjacent to an activating group) is 1. The third-order valence-corrected chi connectivity index (χ3v) is 5.83. The number of rotatable bonds is 7. The van der Waals surface area contributed by atoms with Crippen molar-refractivity contribution in [2.45, 2.75) is 40.0 Å². The van der Waals surface area contributed by atoms with Crippen molar-refractivity contribution >= 4 is 23.3 Å². The van der Waals surface area contributed by atoms with Gasteiger partial charge in [-0.25, -0.2) is 4.79 Å². The molecule has 0 aliphatic carbocycles. The maximum Gasteiger partial charge on any atom is 0.337 e. The summed E-state index contributed by atoms with van der Waals surface area (Å²) in [5.41, 5.74) is 5.17. The number of nitrogens with zero attached hydrogens (tertiary/aromatic N) is 2. The van der Waals surface area contributed by atoms with Gasteiger partial charge in [0.05, 0.1) is 24.1 Å². The van der Waals surface area contributed by atoms with Gasteiger partial charge in [0.15, 0.2) is 0 Å². The molecule has 0 radical (unpaired) electrons. The van der Waals surface area contributed by atoms with Crippen LogP contribution in [0.1, 0.15) is 60.7 Å². The molecule has 1 aliphatic heterocycles. The van der Waals surface area contributed by atoms with Crippen LogP contribution in [0.5, 0.6) is 0 Å². The van der Waals surface area contributed by atoms with Crippen molar-refractivity contribution in [3.05, 3.63) is 64.7 Å².